The predicted molar refractivity (Wildman–Crippen MR) is 65.6 cm³/mol. The lowest BCUT2D eigenvalue weighted by molar-refractivity contribution is -0.172. The van der Waals surface area contributed by atoms with E-state index in [2.05, 4.69) is 0 Å². The highest BCUT2D eigenvalue weighted by atomic mass is 127. The van der Waals surface area contributed by atoms with Gasteiger partial charge in [-0.25, -0.2) is 9.18 Å². The molecule has 0 bridgehead atoms. The Bertz CT molecular complexity index is 530. The summed E-state index contributed by atoms with van der Waals surface area (Å²) in [7, 11) is 0. The van der Waals surface area contributed by atoms with E-state index in [1.165, 1.54) is 6.07 Å². The maximum Gasteiger partial charge on any atom is 0.364 e. The van der Waals surface area contributed by atoms with Crippen molar-refractivity contribution in [3.8, 4) is 0 Å². The Morgan fingerprint density at radius 1 is 1.28 bits per heavy atom. The van der Waals surface area contributed by atoms with Crippen LogP contribution in [0.3, 0.4) is 0 Å². The van der Waals surface area contributed by atoms with Crippen LogP contribution in [0.15, 0.2) is 18.2 Å². The number of halogens is 2. The summed E-state index contributed by atoms with van der Waals surface area (Å²) < 4.78 is 13.2. The van der Waals surface area contributed by atoms with E-state index in [0.717, 1.165) is 12.1 Å². The van der Waals surface area contributed by atoms with Crippen molar-refractivity contribution < 1.29 is 23.6 Å². The summed E-state index contributed by atoms with van der Waals surface area (Å²) >= 11 is 1.77. The van der Waals surface area contributed by atoms with Crippen LogP contribution in [-0.2, 0) is 14.4 Å². The Kier molecular flexibility index (Phi) is 3.60. The molecule has 0 saturated carbocycles. The molecule has 18 heavy (non-hydrogen) atoms. The van der Waals surface area contributed by atoms with Crippen molar-refractivity contribution in [2.24, 2.45) is 0 Å². The minimum absolute atomic E-state index is 0.0343. The van der Waals surface area contributed by atoms with Gasteiger partial charge in [0, 0.05) is 16.4 Å². The molecule has 2 rings (SSSR count). The molecule has 0 unspecified atom stereocenters. The van der Waals surface area contributed by atoms with Crippen LogP contribution < -0.4 is 0 Å². The van der Waals surface area contributed by atoms with Gasteiger partial charge >= 0.3 is 5.97 Å². The Labute approximate surface area is 115 Å². The third kappa shape index (κ3) is 2.50. The molecule has 0 N–H and O–H groups in total. The van der Waals surface area contributed by atoms with E-state index in [9.17, 15) is 18.8 Å². The molecule has 1 aliphatic heterocycles. The van der Waals surface area contributed by atoms with Crippen LogP contribution in [-0.4, -0.2) is 22.8 Å². The SMILES string of the molecule is O=C(ON1C(=O)CCC1=O)c1ccc(F)cc1I. The average molecular weight is 363 g/mol. The fourth-order valence-electron chi connectivity index (χ4n) is 1.44. The second-order valence-corrected chi connectivity index (χ2v) is 4.75. The third-order valence-electron chi connectivity index (χ3n) is 2.33. The molecule has 0 aliphatic carbocycles. The first-order valence-electron chi connectivity index (χ1n) is 5.02. The van der Waals surface area contributed by atoms with Gasteiger partial charge in [-0.3, -0.25) is 9.59 Å². The largest absolute Gasteiger partial charge is 0.364 e. The molecule has 2 amide bonds. The third-order valence-corrected chi connectivity index (χ3v) is 3.22. The summed E-state index contributed by atoms with van der Waals surface area (Å²) in [5, 5.41) is 0.460. The highest BCUT2D eigenvalue weighted by Gasteiger charge is 2.33. The molecule has 1 aliphatic rings. The van der Waals surface area contributed by atoms with Gasteiger partial charge in [-0.05, 0) is 40.8 Å². The summed E-state index contributed by atoms with van der Waals surface area (Å²) in [5.74, 6) is -2.44. The summed E-state index contributed by atoms with van der Waals surface area (Å²) in [4.78, 5) is 39.0. The molecule has 1 aromatic rings. The van der Waals surface area contributed by atoms with Crippen molar-refractivity contribution in [2.75, 3.05) is 0 Å². The summed E-state index contributed by atoms with van der Waals surface area (Å²) in [6, 6.07) is 3.50. The second kappa shape index (κ2) is 5.01. The molecule has 1 saturated heterocycles. The van der Waals surface area contributed by atoms with Gasteiger partial charge in [0.25, 0.3) is 11.8 Å². The first kappa shape index (κ1) is 12.9. The minimum atomic E-state index is -0.858. The van der Waals surface area contributed by atoms with Crippen LogP contribution in [0.25, 0.3) is 0 Å². The first-order chi connectivity index (χ1) is 8.49. The van der Waals surface area contributed by atoms with Crippen LogP contribution in [0.5, 0.6) is 0 Å². The molecule has 1 fully saturated rings. The lowest BCUT2D eigenvalue weighted by atomic mass is 10.2. The van der Waals surface area contributed by atoms with Crippen LogP contribution in [0, 0.1) is 9.39 Å². The zero-order chi connectivity index (χ0) is 13.3. The molecular formula is C11H7FINO4. The van der Waals surface area contributed by atoms with Crippen molar-refractivity contribution in [3.05, 3.63) is 33.1 Å². The van der Waals surface area contributed by atoms with Gasteiger partial charge in [0.2, 0.25) is 0 Å². The summed E-state index contributed by atoms with van der Waals surface area (Å²) in [6.45, 7) is 0. The summed E-state index contributed by atoms with van der Waals surface area (Å²) in [6.07, 6.45) is 0.0687. The Balaban J connectivity index is 2.17. The lowest BCUT2D eigenvalue weighted by Gasteiger charge is -2.13. The average Bonchev–Trinajstić information content (AvgIpc) is 2.60. The number of rotatable bonds is 2. The van der Waals surface area contributed by atoms with Crippen molar-refractivity contribution >= 4 is 40.4 Å². The molecule has 0 atom stereocenters. The molecule has 1 aromatic carbocycles. The van der Waals surface area contributed by atoms with Crippen LogP contribution in [0.1, 0.15) is 23.2 Å². The highest BCUT2D eigenvalue weighted by Crippen LogP contribution is 2.18. The van der Waals surface area contributed by atoms with Gasteiger partial charge in [-0.1, -0.05) is 0 Å². The smallest absolute Gasteiger partial charge is 0.325 e. The fourth-order valence-corrected chi connectivity index (χ4v) is 2.14. The number of hydrogen-bond acceptors (Lipinski definition) is 4. The molecule has 94 valence electrons. The van der Waals surface area contributed by atoms with Crippen LogP contribution in [0.2, 0.25) is 0 Å². The van der Waals surface area contributed by atoms with E-state index in [4.69, 9.17) is 4.84 Å². The summed E-state index contributed by atoms with van der Waals surface area (Å²) in [5.41, 5.74) is 0.101. The number of nitrogens with zero attached hydrogens (tertiary/aromatic N) is 1. The van der Waals surface area contributed by atoms with Crippen LogP contribution >= 0.6 is 22.6 Å². The zero-order valence-electron chi connectivity index (χ0n) is 8.98. The fraction of sp³-hybridized carbons (Fsp3) is 0.182. The molecule has 0 spiro atoms. The van der Waals surface area contributed by atoms with Gasteiger partial charge < -0.3 is 4.84 Å². The maximum absolute atomic E-state index is 12.9. The highest BCUT2D eigenvalue weighted by molar-refractivity contribution is 14.1. The number of hydrogen-bond donors (Lipinski definition) is 0. The maximum atomic E-state index is 12.9. The van der Waals surface area contributed by atoms with E-state index in [0.29, 0.717) is 8.63 Å². The topological polar surface area (TPSA) is 63.7 Å². The van der Waals surface area contributed by atoms with Crippen molar-refractivity contribution in [3.63, 3.8) is 0 Å². The molecule has 1 heterocycles. The minimum Gasteiger partial charge on any atom is -0.325 e. The van der Waals surface area contributed by atoms with Crippen molar-refractivity contribution in [2.45, 2.75) is 12.8 Å². The molecule has 0 aromatic heterocycles. The van der Waals surface area contributed by atoms with Gasteiger partial charge in [0.1, 0.15) is 5.82 Å². The zero-order valence-corrected chi connectivity index (χ0v) is 11.1. The van der Waals surface area contributed by atoms with E-state index < -0.39 is 23.6 Å². The van der Waals surface area contributed by atoms with Gasteiger partial charge in [-0.2, -0.15) is 0 Å². The monoisotopic (exact) mass is 363 g/mol. The number of carbonyl (C=O) groups is 3. The Morgan fingerprint density at radius 3 is 2.44 bits per heavy atom. The number of carbonyl (C=O) groups excluding carboxylic acids is 3. The van der Waals surface area contributed by atoms with Gasteiger partial charge in [-0.15, -0.1) is 5.06 Å². The number of benzene rings is 1. The van der Waals surface area contributed by atoms with Crippen molar-refractivity contribution in [1.82, 2.24) is 5.06 Å². The second-order valence-electron chi connectivity index (χ2n) is 3.58. The van der Waals surface area contributed by atoms with E-state index >= 15 is 0 Å². The van der Waals surface area contributed by atoms with Crippen molar-refractivity contribution in [1.29, 1.82) is 0 Å². The Morgan fingerprint density at radius 2 is 1.89 bits per heavy atom. The quantitative estimate of drug-likeness (QED) is 0.592. The van der Waals surface area contributed by atoms with E-state index in [1.54, 1.807) is 22.6 Å². The Hall–Kier alpha value is -1.51. The normalized spacial score (nSPS) is 15.1. The molecule has 0 radical (unpaired) electrons. The van der Waals surface area contributed by atoms with E-state index in [-0.39, 0.29) is 18.4 Å². The lowest BCUT2D eigenvalue weighted by Crippen LogP contribution is -2.32. The number of hydroxylamine groups is 2. The predicted octanol–water partition coefficient (Wildman–Crippen LogP) is 1.65. The molecule has 5 nitrogen and oxygen atoms in total. The first-order valence-corrected chi connectivity index (χ1v) is 6.10. The molecule has 7 heteroatoms. The van der Waals surface area contributed by atoms with Gasteiger partial charge in [0.05, 0.1) is 5.56 Å². The number of imide groups is 1. The number of amides is 2. The van der Waals surface area contributed by atoms with Crippen LogP contribution in [0.4, 0.5) is 4.39 Å². The van der Waals surface area contributed by atoms with E-state index in [1.807, 2.05) is 0 Å². The molecular weight excluding hydrogens is 356 g/mol. The standard InChI is InChI=1S/C11H7FINO4/c12-6-1-2-7(8(13)5-6)11(17)18-14-9(15)3-4-10(14)16/h1-2,5H,3-4H2. The van der Waals surface area contributed by atoms with Gasteiger partial charge in [0.15, 0.2) is 0 Å².